The van der Waals surface area contributed by atoms with Crippen molar-refractivity contribution in [3.05, 3.63) is 95.5 Å². The molecule has 0 radical (unpaired) electrons. The number of hydrogen-bond acceptors (Lipinski definition) is 1. The normalized spacial score (nSPS) is 11.8. The number of halogens is 1. The molecule has 28 heavy (non-hydrogen) atoms. The summed E-state index contributed by atoms with van der Waals surface area (Å²) in [6.07, 6.45) is 0. The number of benzene rings is 5. The first kappa shape index (κ1) is 16.3. The first-order valence-electron chi connectivity index (χ1n) is 9.32. The van der Waals surface area contributed by atoms with Crippen LogP contribution >= 0.6 is 27.3 Å². The van der Waals surface area contributed by atoms with Crippen LogP contribution in [0.25, 0.3) is 52.8 Å². The molecule has 0 spiro atoms. The van der Waals surface area contributed by atoms with Crippen molar-refractivity contribution in [2.24, 2.45) is 0 Å². The second kappa shape index (κ2) is 6.16. The van der Waals surface area contributed by atoms with Crippen LogP contribution in [0.4, 0.5) is 0 Å². The minimum Gasteiger partial charge on any atom is -0.135 e. The number of rotatable bonds is 1. The first-order chi connectivity index (χ1) is 13.8. The maximum absolute atomic E-state index is 3.93. The van der Waals surface area contributed by atoms with Crippen LogP contribution in [0.5, 0.6) is 0 Å². The molecule has 0 amide bonds. The van der Waals surface area contributed by atoms with Crippen LogP contribution < -0.4 is 0 Å². The van der Waals surface area contributed by atoms with Crippen LogP contribution in [-0.4, -0.2) is 0 Å². The molecule has 5 aromatic carbocycles. The maximum Gasteiger partial charge on any atom is 0.0362 e. The smallest absolute Gasteiger partial charge is 0.0362 e. The molecule has 0 nitrogen and oxygen atoms in total. The second-order valence-electron chi connectivity index (χ2n) is 7.09. The van der Waals surface area contributed by atoms with Gasteiger partial charge in [-0.2, -0.15) is 0 Å². The molecule has 0 N–H and O–H groups in total. The Morgan fingerprint density at radius 1 is 0.500 bits per heavy atom. The van der Waals surface area contributed by atoms with E-state index in [9.17, 15) is 0 Å². The molecule has 6 rings (SSSR count). The summed E-state index contributed by atoms with van der Waals surface area (Å²) < 4.78 is 3.86. The second-order valence-corrected chi connectivity index (χ2v) is 8.97. The fourth-order valence-corrected chi connectivity index (χ4v) is 6.06. The lowest BCUT2D eigenvalue weighted by Crippen LogP contribution is -1.87. The van der Waals surface area contributed by atoms with Crippen molar-refractivity contribution < 1.29 is 0 Å². The van der Waals surface area contributed by atoms with E-state index in [-0.39, 0.29) is 0 Å². The van der Waals surface area contributed by atoms with Crippen LogP contribution in [-0.2, 0) is 0 Å². The van der Waals surface area contributed by atoms with Gasteiger partial charge in [-0.1, -0.05) is 72.8 Å². The Hall–Kier alpha value is -2.68. The average molecular weight is 439 g/mol. The zero-order chi connectivity index (χ0) is 18.7. The lowest BCUT2D eigenvalue weighted by molar-refractivity contribution is 1.67. The van der Waals surface area contributed by atoms with E-state index < -0.39 is 0 Å². The molecule has 0 fully saturated rings. The summed E-state index contributed by atoms with van der Waals surface area (Å²) in [4.78, 5) is 0. The van der Waals surface area contributed by atoms with Gasteiger partial charge >= 0.3 is 0 Å². The van der Waals surface area contributed by atoms with Gasteiger partial charge in [0, 0.05) is 24.6 Å². The highest BCUT2D eigenvalue weighted by molar-refractivity contribution is 9.10. The van der Waals surface area contributed by atoms with E-state index in [1.54, 1.807) is 0 Å². The molecular weight excluding hydrogens is 424 g/mol. The Morgan fingerprint density at radius 3 is 2.00 bits per heavy atom. The van der Waals surface area contributed by atoms with Crippen molar-refractivity contribution in [3.8, 4) is 11.1 Å². The van der Waals surface area contributed by atoms with E-state index >= 15 is 0 Å². The molecule has 0 aliphatic rings. The summed E-state index contributed by atoms with van der Waals surface area (Å²) in [5.41, 5.74) is 2.57. The molecule has 0 saturated carbocycles. The largest absolute Gasteiger partial charge is 0.135 e. The fourth-order valence-electron chi connectivity index (χ4n) is 4.26. The van der Waals surface area contributed by atoms with Gasteiger partial charge in [0.05, 0.1) is 0 Å². The summed E-state index contributed by atoms with van der Waals surface area (Å²) >= 11 is 5.81. The third-order valence-electron chi connectivity index (χ3n) is 5.52. The Morgan fingerprint density at radius 2 is 1.18 bits per heavy atom. The zero-order valence-electron chi connectivity index (χ0n) is 14.9. The Bertz CT molecular complexity index is 1510. The lowest BCUT2D eigenvalue weighted by atomic mass is 9.91. The molecule has 0 unspecified atom stereocenters. The predicted octanol–water partition coefficient (Wildman–Crippen LogP) is 8.79. The Balaban J connectivity index is 1.88. The highest BCUT2D eigenvalue weighted by Gasteiger charge is 2.16. The topological polar surface area (TPSA) is 0 Å². The molecule has 1 aromatic heterocycles. The third-order valence-corrected chi connectivity index (χ3v) is 7.51. The minimum atomic E-state index is 1.18. The highest BCUT2D eigenvalue weighted by atomic mass is 79.9. The molecule has 0 aliphatic heterocycles. The third kappa shape index (κ3) is 2.28. The van der Waals surface area contributed by atoms with E-state index in [0.29, 0.717) is 0 Å². The van der Waals surface area contributed by atoms with Gasteiger partial charge in [-0.3, -0.25) is 0 Å². The average Bonchev–Trinajstić information content (AvgIpc) is 3.11. The van der Waals surface area contributed by atoms with Gasteiger partial charge in [0.1, 0.15) is 0 Å². The standard InChI is InChI=1S/C26H15BrS/c27-26-19-12-5-4-11-18(19)25(16-8-2-1-3-9-16)21-15-24-20(14-22(21)26)17-10-6-7-13-23(17)28-24/h1-15H. The molecule has 6 aromatic rings. The quantitative estimate of drug-likeness (QED) is 0.225. The van der Waals surface area contributed by atoms with Crippen molar-refractivity contribution in [2.45, 2.75) is 0 Å². The number of fused-ring (bicyclic) bond motifs is 5. The van der Waals surface area contributed by atoms with Crippen LogP contribution in [0.2, 0.25) is 0 Å². The highest BCUT2D eigenvalue weighted by Crippen LogP contribution is 2.45. The maximum atomic E-state index is 3.93. The van der Waals surface area contributed by atoms with Gasteiger partial charge in [0.2, 0.25) is 0 Å². The van der Waals surface area contributed by atoms with Gasteiger partial charge in [0.25, 0.3) is 0 Å². The molecule has 0 atom stereocenters. The van der Waals surface area contributed by atoms with Gasteiger partial charge in [0.15, 0.2) is 0 Å². The van der Waals surface area contributed by atoms with Crippen LogP contribution in [0.3, 0.4) is 0 Å². The summed E-state index contributed by atoms with van der Waals surface area (Å²) in [6, 6.07) is 32.9. The molecular formula is C26H15BrS. The Kier molecular flexibility index (Phi) is 3.59. The van der Waals surface area contributed by atoms with E-state index in [1.807, 2.05) is 11.3 Å². The predicted molar refractivity (Wildman–Crippen MR) is 127 cm³/mol. The molecule has 1 heterocycles. The summed E-state index contributed by atoms with van der Waals surface area (Å²) in [5, 5.41) is 7.79. The molecule has 0 aliphatic carbocycles. The van der Waals surface area contributed by atoms with Gasteiger partial charge < -0.3 is 0 Å². The van der Waals surface area contributed by atoms with Crippen LogP contribution in [0, 0.1) is 0 Å². The van der Waals surface area contributed by atoms with Crippen LogP contribution in [0.15, 0.2) is 95.5 Å². The van der Waals surface area contributed by atoms with Crippen molar-refractivity contribution >= 4 is 69.0 Å². The Labute approximate surface area is 175 Å². The van der Waals surface area contributed by atoms with Crippen molar-refractivity contribution in [2.75, 3.05) is 0 Å². The molecule has 2 heteroatoms. The summed E-state index contributed by atoms with van der Waals surface area (Å²) in [7, 11) is 0. The van der Waals surface area contributed by atoms with Crippen molar-refractivity contribution in [1.29, 1.82) is 0 Å². The van der Waals surface area contributed by atoms with Crippen molar-refractivity contribution in [3.63, 3.8) is 0 Å². The molecule has 0 saturated heterocycles. The summed E-state index contributed by atoms with van der Waals surface area (Å²) in [6.45, 7) is 0. The van der Waals surface area contributed by atoms with Crippen molar-refractivity contribution in [1.82, 2.24) is 0 Å². The zero-order valence-corrected chi connectivity index (χ0v) is 17.3. The van der Waals surface area contributed by atoms with Gasteiger partial charge in [-0.05, 0) is 66.8 Å². The molecule has 0 bridgehead atoms. The monoisotopic (exact) mass is 438 g/mol. The van der Waals surface area contributed by atoms with E-state index in [0.717, 1.165) is 0 Å². The van der Waals surface area contributed by atoms with Gasteiger partial charge in [-0.25, -0.2) is 0 Å². The molecule has 132 valence electrons. The minimum absolute atomic E-state index is 1.18. The van der Waals surface area contributed by atoms with E-state index in [1.165, 1.54) is 57.3 Å². The van der Waals surface area contributed by atoms with Crippen LogP contribution in [0.1, 0.15) is 0 Å². The number of thiophene rings is 1. The van der Waals surface area contributed by atoms with E-state index in [4.69, 9.17) is 0 Å². The first-order valence-corrected chi connectivity index (χ1v) is 10.9. The SMILES string of the molecule is Brc1c2ccccc2c(-c2ccccc2)c2cc3sc4ccccc4c3cc12. The summed E-state index contributed by atoms with van der Waals surface area (Å²) in [5.74, 6) is 0. The fraction of sp³-hybridized carbons (Fsp3) is 0. The number of hydrogen-bond donors (Lipinski definition) is 0. The van der Waals surface area contributed by atoms with Gasteiger partial charge in [-0.15, -0.1) is 11.3 Å². The van der Waals surface area contributed by atoms with E-state index in [2.05, 4.69) is 107 Å². The lowest BCUT2D eigenvalue weighted by Gasteiger charge is -2.14.